The first-order valence-corrected chi connectivity index (χ1v) is 7.88. The zero-order valence-corrected chi connectivity index (χ0v) is 12.7. The van der Waals surface area contributed by atoms with Crippen molar-refractivity contribution in [1.29, 1.82) is 0 Å². The zero-order valence-electron chi connectivity index (χ0n) is 11.9. The molecule has 108 valence electrons. The summed E-state index contributed by atoms with van der Waals surface area (Å²) in [6, 6.07) is 23.3. The number of amides is 1. The summed E-state index contributed by atoms with van der Waals surface area (Å²) in [6.45, 7) is 0. The molecule has 2 nitrogen and oxygen atoms in total. The lowest BCUT2D eigenvalue weighted by Gasteiger charge is -2.08. The van der Waals surface area contributed by atoms with E-state index in [4.69, 9.17) is 0 Å². The van der Waals surface area contributed by atoms with Crippen molar-refractivity contribution >= 4 is 34.6 Å². The highest BCUT2D eigenvalue weighted by atomic mass is 32.1. The number of benzene rings is 2. The minimum absolute atomic E-state index is 0.0995. The zero-order chi connectivity index (χ0) is 15.2. The lowest BCUT2D eigenvalue weighted by molar-refractivity contribution is -0.111. The summed E-state index contributed by atoms with van der Waals surface area (Å²) in [6.07, 6.45) is 1.92. The van der Waals surface area contributed by atoms with Crippen LogP contribution >= 0.6 is 11.3 Å². The van der Waals surface area contributed by atoms with E-state index in [-0.39, 0.29) is 5.91 Å². The van der Waals surface area contributed by atoms with E-state index in [0.717, 1.165) is 16.1 Å². The monoisotopic (exact) mass is 305 g/mol. The Kier molecular flexibility index (Phi) is 4.47. The first kappa shape index (κ1) is 14.3. The predicted molar refractivity (Wildman–Crippen MR) is 93.7 cm³/mol. The molecule has 1 N–H and O–H groups in total. The summed E-state index contributed by atoms with van der Waals surface area (Å²) in [5.74, 6) is -0.0995. The Morgan fingerprint density at radius 3 is 2.18 bits per heavy atom. The summed E-state index contributed by atoms with van der Waals surface area (Å²) in [5, 5.41) is 4.93. The summed E-state index contributed by atoms with van der Waals surface area (Å²) < 4.78 is 0. The molecule has 0 radical (unpaired) electrons. The van der Waals surface area contributed by atoms with Crippen LogP contribution in [0.4, 0.5) is 5.69 Å². The molecule has 1 aromatic heterocycles. The van der Waals surface area contributed by atoms with Crippen molar-refractivity contribution in [2.24, 2.45) is 0 Å². The fourth-order valence-electron chi connectivity index (χ4n) is 2.12. The maximum absolute atomic E-state index is 12.6. The number of carbonyl (C=O) groups is 1. The van der Waals surface area contributed by atoms with Crippen molar-refractivity contribution in [2.45, 2.75) is 0 Å². The lowest BCUT2D eigenvalue weighted by atomic mass is 10.1. The van der Waals surface area contributed by atoms with E-state index in [1.807, 2.05) is 84.3 Å². The highest BCUT2D eigenvalue weighted by molar-refractivity contribution is 7.11. The molecule has 3 heteroatoms. The first-order valence-electron chi connectivity index (χ1n) is 7.00. The van der Waals surface area contributed by atoms with E-state index in [1.54, 1.807) is 11.3 Å². The Morgan fingerprint density at radius 2 is 1.55 bits per heavy atom. The second-order valence-corrected chi connectivity index (χ2v) is 5.71. The van der Waals surface area contributed by atoms with Gasteiger partial charge in [-0.05, 0) is 35.2 Å². The van der Waals surface area contributed by atoms with Crippen LogP contribution in [0.3, 0.4) is 0 Å². The van der Waals surface area contributed by atoms with Gasteiger partial charge in [0.15, 0.2) is 0 Å². The standard InChI is InChI=1S/C19H15NOS/c21-19(20-16-10-5-2-6-11-16)17(18-12-7-13-22-18)14-15-8-3-1-4-9-15/h1-14H,(H,20,21). The minimum atomic E-state index is -0.0995. The number of nitrogens with one attached hydrogen (secondary N) is 1. The van der Waals surface area contributed by atoms with Gasteiger partial charge < -0.3 is 5.32 Å². The van der Waals surface area contributed by atoms with Gasteiger partial charge in [-0.25, -0.2) is 0 Å². The van der Waals surface area contributed by atoms with Gasteiger partial charge in [0.1, 0.15) is 0 Å². The maximum Gasteiger partial charge on any atom is 0.257 e. The SMILES string of the molecule is O=C(Nc1ccccc1)C(=Cc1ccccc1)c1cccs1. The molecule has 0 saturated heterocycles. The second-order valence-electron chi connectivity index (χ2n) is 4.77. The van der Waals surface area contributed by atoms with E-state index in [0.29, 0.717) is 5.57 Å². The summed E-state index contributed by atoms with van der Waals surface area (Å²) >= 11 is 1.56. The van der Waals surface area contributed by atoms with Crippen molar-refractivity contribution in [3.05, 3.63) is 88.6 Å². The molecule has 0 saturated carbocycles. The molecule has 0 aliphatic rings. The number of para-hydroxylation sites is 1. The minimum Gasteiger partial charge on any atom is -0.322 e. The van der Waals surface area contributed by atoms with E-state index in [1.165, 1.54) is 0 Å². The topological polar surface area (TPSA) is 29.1 Å². The van der Waals surface area contributed by atoms with Crippen LogP contribution in [0.5, 0.6) is 0 Å². The number of carbonyl (C=O) groups excluding carboxylic acids is 1. The highest BCUT2D eigenvalue weighted by Gasteiger charge is 2.13. The second kappa shape index (κ2) is 6.87. The molecule has 0 unspecified atom stereocenters. The van der Waals surface area contributed by atoms with Crippen LogP contribution in [0.1, 0.15) is 10.4 Å². The Morgan fingerprint density at radius 1 is 0.864 bits per heavy atom. The predicted octanol–water partition coefficient (Wildman–Crippen LogP) is 4.93. The summed E-state index contributed by atoms with van der Waals surface area (Å²) in [5.41, 5.74) is 2.47. The fourth-order valence-corrected chi connectivity index (χ4v) is 2.86. The normalized spacial score (nSPS) is 11.2. The van der Waals surface area contributed by atoms with E-state index >= 15 is 0 Å². The molecular formula is C19H15NOS. The van der Waals surface area contributed by atoms with Gasteiger partial charge in [0.2, 0.25) is 0 Å². The van der Waals surface area contributed by atoms with Crippen LogP contribution in [0.15, 0.2) is 78.2 Å². The Labute approximate surface area is 133 Å². The molecule has 22 heavy (non-hydrogen) atoms. The van der Waals surface area contributed by atoms with Crippen LogP contribution < -0.4 is 5.32 Å². The molecule has 0 atom stereocenters. The van der Waals surface area contributed by atoms with Crippen molar-refractivity contribution in [3.8, 4) is 0 Å². The van der Waals surface area contributed by atoms with E-state index < -0.39 is 0 Å². The van der Waals surface area contributed by atoms with Crippen molar-refractivity contribution in [2.75, 3.05) is 5.32 Å². The van der Waals surface area contributed by atoms with Gasteiger partial charge >= 0.3 is 0 Å². The van der Waals surface area contributed by atoms with E-state index in [9.17, 15) is 4.79 Å². The van der Waals surface area contributed by atoms with E-state index in [2.05, 4.69) is 5.32 Å². The Hall–Kier alpha value is -2.65. The third kappa shape index (κ3) is 3.51. The van der Waals surface area contributed by atoms with Crippen LogP contribution in [0.2, 0.25) is 0 Å². The molecule has 0 aliphatic heterocycles. The van der Waals surface area contributed by atoms with Crippen LogP contribution in [-0.2, 0) is 4.79 Å². The number of hydrogen-bond acceptors (Lipinski definition) is 2. The molecule has 3 rings (SSSR count). The lowest BCUT2D eigenvalue weighted by Crippen LogP contribution is -2.12. The number of thiophene rings is 1. The Bertz CT molecular complexity index is 762. The van der Waals surface area contributed by atoms with Gasteiger partial charge in [-0.3, -0.25) is 4.79 Å². The largest absolute Gasteiger partial charge is 0.322 e. The molecule has 0 spiro atoms. The average molecular weight is 305 g/mol. The number of rotatable bonds is 4. The molecule has 1 amide bonds. The van der Waals surface area contributed by atoms with Crippen LogP contribution in [0.25, 0.3) is 11.6 Å². The van der Waals surface area contributed by atoms with Gasteiger partial charge in [0, 0.05) is 10.6 Å². The number of hydrogen-bond donors (Lipinski definition) is 1. The fraction of sp³-hybridized carbons (Fsp3) is 0. The summed E-state index contributed by atoms with van der Waals surface area (Å²) in [7, 11) is 0. The van der Waals surface area contributed by atoms with Gasteiger partial charge in [-0.1, -0.05) is 54.6 Å². The Balaban J connectivity index is 1.92. The quantitative estimate of drug-likeness (QED) is 0.680. The van der Waals surface area contributed by atoms with Crippen molar-refractivity contribution in [1.82, 2.24) is 0 Å². The highest BCUT2D eigenvalue weighted by Crippen LogP contribution is 2.24. The molecule has 2 aromatic carbocycles. The first-order chi connectivity index (χ1) is 10.8. The third-order valence-corrected chi connectivity index (χ3v) is 4.08. The molecular weight excluding hydrogens is 290 g/mol. The van der Waals surface area contributed by atoms with Gasteiger partial charge in [-0.15, -0.1) is 11.3 Å². The summed E-state index contributed by atoms with van der Waals surface area (Å²) in [4.78, 5) is 13.6. The molecule has 0 bridgehead atoms. The van der Waals surface area contributed by atoms with Crippen LogP contribution in [0, 0.1) is 0 Å². The van der Waals surface area contributed by atoms with Gasteiger partial charge in [0.25, 0.3) is 5.91 Å². The van der Waals surface area contributed by atoms with Crippen molar-refractivity contribution in [3.63, 3.8) is 0 Å². The third-order valence-electron chi connectivity index (χ3n) is 3.17. The van der Waals surface area contributed by atoms with Gasteiger partial charge in [-0.2, -0.15) is 0 Å². The van der Waals surface area contributed by atoms with Crippen LogP contribution in [-0.4, -0.2) is 5.91 Å². The molecule has 0 aliphatic carbocycles. The molecule has 0 fully saturated rings. The van der Waals surface area contributed by atoms with Crippen molar-refractivity contribution < 1.29 is 4.79 Å². The molecule has 1 heterocycles. The number of anilines is 1. The average Bonchev–Trinajstić information content (AvgIpc) is 3.08. The molecule has 3 aromatic rings. The smallest absolute Gasteiger partial charge is 0.257 e. The maximum atomic E-state index is 12.6. The van der Waals surface area contributed by atoms with Gasteiger partial charge in [0.05, 0.1) is 5.57 Å².